The van der Waals surface area contributed by atoms with Gasteiger partial charge < -0.3 is 5.32 Å². The van der Waals surface area contributed by atoms with E-state index in [9.17, 15) is 13.2 Å². The summed E-state index contributed by atoms with van der Waals surface area (Å²) in [7, 11) is -3.44. The molecule has 0 aliphatic heterocycles. The van der Waals surface area contributed by atoms with E-state index in [2.05, 4.69) is 42.9 Å². The van der Waals surface area contributed by atoms with Gasteiger partial charge in [-0.2, -0.15) is 0 Å². The summed E-state index contributed by atoms with van der Waals surface area (Å²) in [5.41, 5.74) is 2.89. The van der Waals surface area contributed by atoms with Crippen LogP contribution in [0.4, 0.5) is 5.69 Å². The lowest BCUT2D eigenvalue weighted by molar-refractivity contribution is 0.0940. The number of benzene rings is 2. The fraction of sp³-hybridized carbons (Fsp3) is 0.350. The molecule has 0 saturated heterocycles. The summed E-state index contributed by atoms with van der Waals surface area (Å²) < 4.78 is 24.9. The molecule has 1 atom stereocenters. The van der Waals surface area contributed by atoms with Gasteiger partial charge in [0.05, 0.1) is 23.0 Å². The number of carbonyl (C=O) groups is 1. The molecule has 146 valence electrons. The highest BCUT2D eigenvalue weighted by Gasteiger charge is 2.16. The molecular formula is C20H25ClN2O3S. The van der Waals surface area contributed by atoms with Gasteiger partial charge in [-0.3, -0.25) is 9.52 Å². The third kappa shape index (κ3) is 5.97. The molecule has 0 aliphatic rings. The second-order valence-corrected chi connectivity index (χ2v) is 9.79. The first-order valence-electron chi connectivity index (χ1n) is 8.55. The third-order valence-corrected chi connectivity index (χ3v) is 5.05. The number of carbonyl (C=O) groups excluding carboxylic acids is 1. The van der Waals surface area contributed by atoms with Crippen LogP contribution in [-0.2, 0) is 15.4 Å². The van der Waals surface area contributed by atoms with E-state index in [1.807, 2.05) is 19.1 Å². The van der Waals surface area contributed by atoms with Crippen molar-refractivity contribution >= 4 is 33.2 Å². The van der Waals surface area contributed by atoms with Crippen molar-refractivity contribution in [3.8, 4) is 0 Å². The number of hydrogen-bond donors (Lipinski definition) is 2. The highest BCUT2D eigenvalue weighted by molar-refractivity contribution is 7.92. The third-order valence-electron chi connectivity index (χ3n) is 4.15. The predicted molar refractivity (Wildman–Crippen MR) is 111 cm³/mol. The van der Waals surface area contributed by atoms with Gasteiger partial charge in [0.2, 0.25) is 10.0 Å². The lowest BCUT2D eigenvalue weighted by atomic mass is 9.86. The average molecular weight is 409 g/mol. The van der Waals surface area contributed by atoms with E-state index in [1.54, 1.807) is 0 Å². The van der Waals surface area contributed by atoms with Gasteiger partial charge in [-0.05, 0) is 41.7 Å². The number of halogens is 1. The van der Waals surface area contributed by atoms with E-state index in [4.69, 9.17) is 11.6 Å². The van der Waals surface area contributed by atoms with Crippen molar-refractivity contribution in [3.63, 3.8) is 0 Å². The Kier molecular flexibility index (Phi) is 6.22. The van der Waals surface area contributed by atoms with Crippen molar-refractivity contribution in [2.45, 2.75) is 39.2 Å². The Bertz CT molecular complexity index is 933. The molecular weight excluding hydrogens is 384 g/mol. The summed E-state index contributed by atoms with van der Waals surface area (Å²) >= 11 is 6.09. The standard InChI is InChI=1S/C20H25ClN2O3S/c1-13(14-6-9-16(10-7-14)20(2,3)4)22-19(24)15-8-11-18(17(21)12-15)23-27(5,25)26/h6-13,23H,1-5H3,(H,22,24). The van der Waals surface area contributed by atoms with Crippen LogP contribution < -0.4 is 10.0 Å². The molecule has 0 radical (unpaired) electrons. The molecule has 2 aromatic rings. The zero-order valence-corrected chi connectivity index (χ0v) is 17.7. The largest absolute Gasteiger partial charge is 0.346 e. The molecule has 0 fully saturated rings. The van der Waals surface area contributed by atoms with E-state index >= 15 is 0 Å². The summed E-state index contributed by atoms with van der Waals surface area (Å²) in [4.78, 5) is 12.5. The fourth-order valence-corrected chi connectivity index (χ4v) is 3.44. The Hall–Kier alpha value is -2.05. The maximum atomic E-state index is 12.5. The van der Waals surface area contributed by atoms with E-state index in [-0.39, 0.29) is 28.1 Å². The Morgan fingerprint density at radius 1 is 1.07 bits per heavy atom. The van der Waals surface area contributed by atoms with E-state index < -0.39 is 10.0 Å². The van der Waals surface area contributed by atoms with Gasteiger partial charge in [0.15, 0.2) is 0 Å². The highest BCUT2D eigenvalue weighted by atomic mass is 35.5. The van der Waals surface area contributed by atoms with Crippen LogP contribution in [-0.4, -0.2) is 20.6 Å². The Morgan fingerprint density at radius 3 is 2.15 bits per heavy atom. The van der Waals surface area contributed by atoms with Crippen LogP contribution >= 0.6 is 11.6 Å². The van der Waals surface area contributed by atoms with Gasteiger partial charge in [-0.1, -0.05) is 56.6 Å². The van der Waals surface area contributed by atoms with Crippen molar-refractivity contribution in [2.24, 2.45) is 0 Å². The quantitative estimate of drug-likeness (QED) is 0.764. The van der Waals surface area contributed by atoms with Crippen molar-refractivity contribution in [1.82, 2.24) is 5.32 Å². The Balaban J connectivity index is 2.11. The second-order valence-electron chi connectivity index (χ2n) is 7.64. The topological polar surface area (TPSA) is 75.3 Å². The molecule has 2 N–H and O–H groups in total. The molecule has 1 unspecified atom stereocenters. The Labute approximate surface area is 166 Å². The van der Waals surface area contributed by atoms with E-state index in [0.717, 1.165) is 11.8 Å². The smallest absolute Gasteiger partial charge is 0.251 e. The van der Waals surface area contributed by atoms with Crippen molar-refractivity contribution in [2.75, 3.05) is 11.0 Å². The van der Waals surface area contributed by atoms with E-state index in [1.165, 1.54) is 23.8 Å². The molecule has 2 aromatic carbocycles. The number of amides is 1. The fourth-order valence-electron chi connectivity index (χ4n) is 2.57. The van der Waals surface area contributed by atoms with Crippen LogP contribution in [0.3, 0.4) is 0 Å². The first-order valence-corrected chi connectivity index (χ1v) is 10.8. The normalized spacial score (nSPS) is 13.1. The zero-order valence-electron chi connectivity index (χ0n) is 16.1. The molecule has 0 saturated carbocycles. The molecule has 0 spiro atoms. The molecule has 0 aromatic heterocycles. The summed E-state index contributed by atoms with van der Waals surface area (Å²) in [6, 6.07) is 12.4. The van der Waals surface area contributed by atoms with Crippen LogP contribution in [0.2, 0.25) is 5.02 Å². The molecule has 27 heavy (non-hydrogen) atoms. The van der Waals surface area contributed by atoms with Gasteiger partial charge in [-0.25, -0.2) is 8.42 Å². The van der Waals surface area contributed by atoms with Crippen molar-refractivity contribution < 1.29 is 13.2 Å². The molecule has 0 aliphatic carbocycles. The number of nitrogens with one attached hydrogen (secondary N) is 2. The monoisotopic (exact) mass is 408 g/mol. The molecule has 2 rings (SSSR count). The lowest BCUT2D eigenvalue weighted by Gasteiger charge is -2.21. The van der Waals surface area contributed by atoms with Gasteiger partial charge in [0.25, 0.3) is 5.91 Å². The molecule has 1 amide bonds. The minimum Gasteiger partial charge on any atom is -0.346 e. The van der Waals surface area contributed by atoms with Crippen LogP contribution in [0.15, 0.2) is 42.5 Å². The minimum absolute atomic E-state index is 0.0729. The van der Waals surface area contributed by atoms with Gasteiger partial charge in [0.1, 0.15) is 0 Å². The first kappa shape index (κ1) is 21.3. The van der Waals surface area contributed by atoms with Crippen LogP contribution in [0, 0.1) is 0 Å². The lowest BCUT2D eigenvalue weighted by Crippen LogP contribution is -2.26. The Morgan fingerprint density at radius 2 is 1.67 bits per heavy atom. The van der Waals surface area contributed by atoms with Crippen LogP contribution in [0.1, 0.15) is 55.2 Å². The van der Waals surface area contributed by atoms with Crippen molar-refractivity contribution in [1.29, 1.82) is 0 Å². The van der Waals surface area contributed by atoms with Gasteiger partial charge in [0, 0.05) is 5.56 Å². The summed E-state index contributed by atoms with van der Waals surface area (Å²) in [6.07, 6.45) is 1.04. The second kappa shape index (κ2) is 7.90. The molecule has 0 heterocycles. The maximum Gasteiger partial charge on any atom is 0.251 e. The zero-order chi connectivity index (χ0) is 20.4. The molecule has 5 nitrogen and oxygen atoms in total. The average Bonchev–Trinajstić information content (AvgIpc) is 2.54. The van der Waals surface area contributed by atoms with Crippen LogP contribution in [0.5, 0.6) is 0 Å². The number of hydrogen-bond acceptors (Lipinski definition) is 3. The highest BCUT2D eigenvalue weighted by Crippen LogP contribution is 2.26. The van der Waals surface area contributed by atoms with Crippen LogP contribution in [0.25, 0.3) is 0 Å². The van der Waals surface area contributed by atoms with Crippen molar-refractivity contribution in [3.05, 3.63) is 64.2 Å². The minimum atomic E-state index is -3.44. The van der Waals surface area contributed by atoms with E-state index in [0.29, 0.717) is 5.56 Å². The van der Waals surface area contributed by atoms with Gasteiger partial charge >= 0.3 is 0 Å². The number of sulfonamides is 1. The first-order chi connectivity index (χ1) is 12.4. The maximum absolute atomic E-state index is 12.5. The van der Waals surface area contributed by atoms with Gasteiger partial charge in [-0.15, -0.1) is 0 Å². The summed E-state index contributed by atoms with van der Waals surface area (Å²) in [6.45, 7) is 8.36. The number of anilines is 1. The summed E-state index contributed by atoms with van der Waals surface area (Å²) in [5.74, 6) is -0.282. The molecule has 0 bridgehead atoms. The summed E-state index contributed by atoms with van der Waals surface area (Å²) in [5, 5.41) is 3.09. The molecule has 7 heteroatoms. The predicted octanol–water partition coefficient (Wildman–Crippen LogP) is 4.50. The number of rotatable bonds is 5. The SMILES string of the molecule is CC(NC(=O)c1ccc(NS(C)(=O)=O)c(Cl)c1)c1ccc(C(C)(C)C)cc1.